The van der Waals surface area contributed by atoms with Crippen molar-refractivity contribution >= 4 is 37.8 Å². The molecule has 0 spiro atoms. The molecule has 0 amide bonds. The molecule has 6 heteroatoms. The van der Waals surface area contributed by atoms with Gasteiger partial charge in [0, 0.05) is 5.56 Å². The highest BCUT2D eigenvalue weighted by Gasteiger charge is 2.14. The number of hydrazone groups is 1. The van der Waals surface area contributed by atoms with Crippen LogP contribution in [0.3, 0.4) is 0 Å². The molecule has 0 saturated carbocycles. The number of rotatable bonds is 8. The minimum atomic E-state index is -3.80. The van der Waals surface area contributed by atoms with Gasteiger partial charge in [0.1, 0.15) is 5.75 Å². The lowest BCUT2D eigenvalue weighted by atomic mass is 10.0. The van der Waals surface area contributed by atoms with Gasteiger partial charge >= 0.3 is 0 Å². The Kier molecular flexibility index (Phi) is 6.18. The zero-order chi connectivity index (χ0) is 21.7. The van der Waals surface area contributed by atoms with Crippen LogP contribution in [0.1, 0.15) is 25.3 Å². The Labute approximate surface area is 182 Å². The van der Waals surface area contributed by atoms with Crippen LogP contribution in [0.4, 0.5) is 0 Å². The van der Waals surface area contributed by atoms with Crippen LogP contribution in [0.15, 0.2) is 88.9 Å². The van der Waals surface area contributed by atoms with E-state index in [9.17, 15) is 8.42 Å². The topological polar surface area (TPSA) is 67.8 Å². The van der Waals surface area contributed by atoms with Gasteiger partial charge in [-0.15, -0.1) is 0 Å². The molecule has 0 heterocycles. The van der Waals surface area contributed by atoms with E-state index in [-0.39, 0.29) is 4.90 Å². The number of hydrogen-bond acceptors (Lipinski definition) is 4. The number of nitrogens with zero attached hydrogens (tertiary/aromatic N) is 1. The molecule has 0 aliphatic rings. The van der Waals surface area contributed by atoms with E-state index in [4.69, 9.17) is 4.74 Å². The van der Waals surface area contributed by atoms with Crippen LogP contribution in [-0.4, -0.2) is 21.2 Å². The summed E-state index contributed by atoms with van der Waals surface area (Å²) in [7, 11) is -3.80. The minimum absolute atomic E-state index is 0.167. The van der Waals surface area contributed by atoms with Crippen LogP contribution >= 0.6 is 0 Å². The van der Waals surface area contributed by atoms with Crippen molar-refractivity contribution in [1.82, 2.24) is 4.83 Å². The SMILES string of the molecule is CCCCOc1ccc2ccccc2c1/C=N/NS(=O)(=O)c1ccc2ccccc2c1. The summed E-state index contributed by atoms with van der Waals surface area (Å²) >= 11 is 0. The van der Waals surface area contributed by atoms with Gasteiger partial charge in [-0.25, -0.2) is 4.83 Å². The summed E-state index contributed by atoms with van der Waals surface area (Å²) in [5, 5.41) is 7.88. The number of sulfonamides is 1. The molecule has 0 atom stereocenters. The van der Waals surface area contributed by atoms with Crippen LogP contribution in [0.5, 0.6) is 5.75 Å². The molecule has 158 valence electrons. The number of hydrogen-bond donors (Lipinski definition) is 1. The van der Waals surface area contributed by atoms with Crippen molar-refractivity contribution in [2.24, 2.45) is 5.10 Å². The summed E-state index contributed by atoms with van der Waals surface area (Å²) < 4.78 is 31.5. The van der Waals surface area contributed by atoms with Gasteiger partial charge in [0.15, 0.2) is 0 Å². The summed E-state index contributed by atoms with van der Waals surface area (Å²) in [5.74, 6) is 0.681. The first-order valence-corrected chi connectivity index (χ1v) is 11.7. The molecule has 4 aromatic rings. The third kappa shape index (κ3) is 4.70. The molecule has 0 saturated heterocycles. The predicted molar refractivity (Wildman–Crippen MR) is 126 cm³/mol. The van der Waals surface area contributed by atoms with E-state index >= 15 is 0 Å². The van der Waals surface area contributed by atoms with Crippen molar-refractivity contribution in [3.63, 3.8) is 0 Å². The van der Waals surface area contributed by atoms with E-state index in [0.29, 0.717) is 12.4 Å². The van der Waals surface area contributed by atoms with Gasteiger partial charge in [0.25, 0.3) is 10.0 Å². The second-order valence-electron chi connectivity index (χ2n) is 7.26. The molecule has 0 fully saturated rings. The van der Waals surface area contributed by atoms with Crippen molar-refractivity contribution in [2.45, 2.75) is 24.7 Å². The molecule has 0 radical (unpaired) electrons. The predicted octanol–water partition coefficient (Wildman–Crippen LogP) is 5.48. The fraction of sp³-hybridized carbons (Fsp3) is 0.160. The Morgan fingerprint density at radius 1 is 0.903 bits per heavy atom. The lowest BCUT2D eigenvalue weighted by Gasteiger charge is -2.11. The smallest absolute Gasteiger partial charge is 0.276 e. The first-order valence-electron chi connectivity index (χ1n) is 10.3. The van der Waals surface area contributed by atoms with Gasteiger partial charge in [-0.2, -0.15) is 13.5 Å². The lowest BCUT2D eigenvalue weighted by molar-refractivity contribution is 0.309. The Morgan fingerprint density at radius 2 is 1.61 bits per heavy atom. The van der Waals surface area contributed by atoms with Gasteiger partial charge in [0.05, 0.1) is 17.7 Å². The zero-order valence-electron chi connectivity index (χ0n) is 17.3. The third-order valence-electron chi connectivity index (χ3n) is 5.08. The van der Waals surface area contributed by atoms with E-state index in [1.54, 1.807) is 18.2 Å². The maximum Gasteiger partial charge on any atom is 0.276 e. The number of benzene rings is 4. The van der Waals surface area contributed by atoms with Crippen LogP contribution < -0.4 is 9.57 Å². The third-order valence-corrected chi connectivity index (χ3v) is 6.30. The summed E-state index contributed by atoms with van der Waals surface area (Å²) in [4.78, 5) is 2.50. The molecule has 0 bridgehead atoms. The molecule has 4 aromatic carbocycles. The lowest BCUT2D eigenvalue weighted by Crippen LogP contribution is -2.18. The average molecular weight is 433 g/mol. The van der Waals surface area contributed by atoms with E-state index in [1.165, 1.54) is 6.21 Å². The Bertz CT molecular complexity index is 1350. The normalized spacial score (nSPS) is 11.9. The van der Waals surface area contributed by atoms with Crippen LogP contribution in [0.25, 0.3) is 21.5 Å². The van der Waals surface area contributed by atoms with E-state index < -0.39 is 10.0 Å². The van der Waals surface area contributed by atoms with Crippen LogP contribution in [0.2, 0.25) is 0 Å². The molecular weight excluding hydrogens is 408 g/mol. The molecule has 31 heavy (non-hydrogen) atoms. The maximum absolute atomic E-state index is 12.8. The van der Waals surface area contributed by atoms with E-state index in [2.05, 4.69) is 16.9 Å². The molecule has 4 rings (SSSR count). The highest BCUT2D eigenvalue weighted by molar-refractivity contribution is 7.89. The molecule has 5 nitrogen and oxygen atoms in total. The number of fused-ring (bicyclic) bond motifs is 2. The number of ether oxygens (including phenoxy) is 1. The quantitative estimate of drug-likeness (QED) is 0.228. The molecule has 0 aromatic heterocycles. The average Bonchev–Trinajstić information content (AvgIpc) is 2.79. The number of unbranched alkanes of at least 4 members (excludes halogenated alkanes) is 1. The summed E-state index contributed by atoms with van der Waals surface area (Å²) in [5.41, 5.74) is 0.746. The first-order chi connectivity index (χ1) is 15.1. The molecule has 0 aliphatic carbocycles. The fourth-order valence-electron chi connectivity index (χ4n) is 3.41. The van der Waals surface area contributed by atoms with Crippen molar-refractivity contribution < 1.29 is 13.2 Å². The standard InChI is InChI=1S/C25H24N2O3S/c1-2-3-16-30-25-15-13-20-9-6-7-11-23(20)24(25)18-26-27-31(28,29)22-14-12-19-8-4-5-10-21(19)17-22/h4-15,17-18,27H,2-3,16H2,1H3/b26-18+. The Balaban J connectivity index is 1.63. The molecule has 1 N–H and O–H groups in total. The number of nitrogens with one attached hydrogen (secondary N) is 1. The largest absolute Gasteiger partial charge is 0.493 e. The van der Waals surface area contributed by atoms with Gasteiger partial charge in [-0.05, 0) is 46.2 Å². The minimum Gasteiger partial charge on any atom is -0.493 e. The summed E-state index contributed by atoms with van der Waals surface area (Å²) in [6.45, 7) is 2.70. The van der Waals surface area contributed by atoms with Gasteiger partial charge < -0.3 is 4.74 Å². The van der Waals surface area contributed by atoms with Crippen molar-refractivity contribution in [3.8, 4) is 5.75 Å². The van der Waals surface area contributed by atoms with Crippen LogP contribution in [0, 0.1) is 0 Å². The second-order valence-corrected chi connectivity index (χ2v) is 8.92. The highest BCUT2D eigenvalue weighted by Crippen LogP contribution is 2.27. The van der Waals surface area contributed by atoms with Crippen molar-refractivity contribution in [3.05, 3.63) is 84.4 Å². The fourth-order valence-corrected chi connectivity index (χ4v) is 4.23. The van der Waals surface area contributed by atoms with Gasteiger partial charge in [-0.3, -0.25) is 0 Å². The summed E-state index contributed by atoms with van der Waals surface area (Å²) in [6.07, 6.45) is 3.49. The van der Waals surface area contributed by atoms with E-state index in [1.807, 2.05) is 60.7 Å². The van der Waals surface area contributed by atoms with Gasteiger partial charge in [0.2, 0.25) is 0 Å². The first kappa shape index (κ1) is 20.9. The molecule has 0 unspecified atom stereocenters. The van der Waals surface area contributed by atoms with Crippen molar-refractivity contribution in [2.75, 3.05) is 6.61 Å². The zero-order valence-corrected chi connectivity index (χ0v) is 18.1. The highest BCUT2D eigenvalue weighted by atomic mass is 32.2. The van der Waals surface area contributed by atoms with Gasteiger partial charge in [-0.1, -0.05) is 74.0 Å². The second kappa shape index (κ2) is 9.18. The Morgan fingerprint density at radius 3 is 2.42 bits per heavy atom. The maximum atomic E-state index is 12.8. The summed E-state index contributed by atoms with van der Waals surface area (Å²) in [6, 6.07) is 24.4. The Hall–Kier alpha value is -3.38. The molecule has 0 aliphatic heterocycles. The van der Waals surface area contributed by atoms with Crippen molar-refractivity contribution in [1.29, 1.82) is 0 Å². The monoisotopic (exact) mass is 432 g/mol. The molecular formula is C25H24N2O3S. The van der Waals surface area contributed by atoms with Crippen LogP contribution in [-0.2, 0) is 10.0 Å². The van der Waals surface area contributed by atoms with E-state index in [0.717, 1.165) is 39.9 Å².